The Morgan fingerprint density at radius 1 is 1.09 bits per heavy atom. The summed E-state index contributed by atoms with van der Waals surface area (Å²) in [6, 6.07) is 12.1. The molecule has 1 N–H and O–H groups in total. The van der Waals surface area contributed by atoms with Crippen LogP contribution < -0.4 is 4.74 Å². The first-order chi connectivity index (χ1) is 16.0. The number of halogens is 4. The monoisotopic (exact) mass is 486 g/mol. The SMILES string of the molecule is Cn1c(-c2ccccc2C(F)(F)F)nnc1C(C)(C)Oc1ccc(Cl)cc1-c1ncc(C#N)[nH]1. The van der Waals surface area contributed by atoms with Gasteiger partial charge in [-0.2, -0.15) is 18.4 Å². The molecule has 0 spiro atoms. The van der Waals surface area contributed by atoms with Gasteiger partial charge >= 0.3 is 6.18 Å². The van der Waals surface area contributed by atoms with Crippen LogP contribution in [-0.4, -0.2) is 24.7 Å². The summed E-state index contributed by atoms with van der Waals surface area (Å²) in [5.41, 5.74) is -1.23. The summed E-state index contributed by atoms with van der Waals surface area (Å²) in [7, 11) is 1.58. The van der Waals surface area contributed by atoms with E-state index in [0.29, 0.717) is 28.0 Å². The van der Waals surface area contributed by atoms with Crippen molar-refractivity contribution in [3.05, 3.63) is 70.8 Å². The van der Waals surface area contributed by atoms with Crippen LogP contribution in [0.3, 0.4) is 0 Å². The molecule has 0 radical (unpaired) electrons. The zero-order valence-electron chi connectivity index (χ0n) is 18.3. The number of aromatic nitrogens is 5. The highest BCUT2D eigenvalue weighted by molar-refractivity contribution is 6.30. The lowest BCUT2D eigenvalue weighted by Gasteiger charge is -2.26. The number of rotatable bonds is 5. The maximum absolute atomic E-state index is 13.5. The van der Waals surface area contributed by atoms with Crippen LogP contribution in [0.1, 0.15) is 30.9 Å². The number of benzene rings is 2. The maximum atomic E-state index is 13.5. The number of ether oxygens (including phenoxy) is 1. The van der Waals surface area contributed by atoms with Crippen LogP contribution >= 0.6 is 11.6 Å². The second kappa shape index (κ2) is 8.50. The minimum atomic E-state index is -4.54. The number of aromatic amines is 1. The Bertz CT molecular complexity index is 1400. The zero-order valence-corrected chi connectivity index (χ0v) is 19.0. The predicted molar refractivity (Wildman–Crippen MR) is 119 cm³/mol. The van der Waals surface area contributed by atoms with Crippen molar-refractivity contribution in [2.75, 3.05) is 0 Å². The Morgan fingerprint density at radius 3 is 2.50 bits per heavy atom. The molecule has 0 unspecified atom stereocenters. The van der Waals surface area contributed by atoms with Crippen LogP contribution in [0.5, 0.6) is 5.75 Å². The first-order valence-electron chi connectivity index (χ1n) is 10.0. The van der Waals surface area contributed by atoms with Crippen molar-refractivity contribution in [3.63, 3.8) is 0 Å². The first kappa shape index (κ1) is 23.3. The van der Waals surface area contributed by atoms with E-state index in [1.165, 1.54) is 29.0 Å². The molecule has 0 aliphatic carbocycles. The van der Waals surface area contributed by atoms with Gasteiger partial charge in [-0.3, -0.25) is 0 Å². The van der Waals surface area contributed by atoms with Crippen molar-refractivity contribution in [3.8, 4) is 34.6 Å². The molecule has 0 bridgehead atoms. The molecule has 174 valence electrons. The van der Waals surface area contributed by atoms with Gasteiger partial charge in [0.05, 0.1) is 17.3 Å². The number of alkyl halides is 3. The molecule has 0 aliphatic heterocycles. The number of H-pyrrole nitrogens is 1. The maximum Gasteiger partial charge on any atom is 0.417 e. The standard InChI is InChI=1S/C23H18ClF3N6O/c1-22(2,34-18-9-8-13(24)10-16(18)19-29-12-14(11-28)30-19)21-32-31-20(33(21)3)15-6-4-5-7-17(15)23(25,26)27/h4-10,12H,1-3H3,(H,29,30). The summed E-state index contributed by atoms with van der Waals surface area (Å²) in [6.45, 7) is 3.44. The molecule has 0 fully saturated rings. The van der Waals surface area contributed by atoms with E-state index in [0.717, 1.165) is 6.07 Å². The Kier molecular flexibility index (Phi) is 5.83. The highest BCUT2D eigenvalue weighted by Crippen LogP contribution is 2.39. The van der Waals surface area contributed by atoms with Crippen molar-refractivity contribution in [2.24, 2.45) is 7.05 Å². The van der Waals surface area contributed by atoms with E-state index in [1.54, 1.807) is 39.1 Å². The quantitative estimate of drug-likeness (QED) is 0.389. The van der Waals surface area contributed by atoms with E-state index < -0.39 is 17.3 Å². The third-order valence-electron chi connectivity index (χ3n) is 5.14. The topological polar surface area (TPSA) is 92.4 Å². The van der Waals surface area contributed by atoms with Crippen LogP contribution in [-0.2, 0) is 18.8 Å². The lowest BCUT2D eigenvalue weighted by Crippen LogP contribution is -2.29. The summed E-state index contributed by atoms with van der Waals surface area (Å²) in [6.07, 6.45) is -3.16. The van der Waals surface area contributed by atoms with Gasteiger partial charge in [0.1, 0.15) is 23.3 Å². The van der Waals surface area contributed by atoms with Gasteiger partial charge in [0.15, 0.2) is 17.2 Å². The number of nitrogens with one attached hydrogen (secondary N) is 1. The van der Waals surface area contributed by atoms with Crippen LogP contribution in [0, 0.1) is 11.3 Å². The van der Waals surface area contributed by atoms with Gasteiger partial charge in [-0.05, 0) is 38.1 Å². The molecule has 4 rings (SSSR count). The van der Waals surface area contributed by atoms with Crippen molar-refractivity contribution >= 4 is 11.6 Å². The fourth-order valence-electron chi connectivity index (χ4n) is 3.63. The van der Waals surface area contributed by atoms with E-state index in [9.17, 15) is 13.2 Å². The molecule has 0 atom stereocenters. The highest BCUT2D eigenvalue weighted by atomic mass is 35.5. The van der Waals surface area contributed by atoms with E-state index in [1.807, 2.05) is 6.07 Å². The minimum Gasteiger partial charge on any atom is -0.479 e. The van der Waals surface area contributed by atoms with Gasteiger partial charge < -0.3 is 14.3 Å². The van der Waals surface area contributed by atoms with Gasteiger partial charge in [0.25, 0.3) is 0 Å². The number of hydrogen-bond acceptors (Lipinski definition) is 5. The fraction of sp³-hybridized carbons (Fsp3) is 0.217. The third kappa shape index (κ3) is 4.34. The van der Waals surface area contributed by atoms with E-state index in [4.69, 9.17) is 21.6 Å². The normalized spacial score (nSPS) is 11.9. The number of hydrogen-bond donors (Lipinski definition) is 1. The zero-order chi connectivity index (χ0) is 24.7. The molecular weight excluding hydrogens is 469 g/mol. The molecule has 4 aromatic rings. The molecule has 2 aromatic carbocycles. The average molecular weight is 487 g/mol. The summed E-state index contributed by atoms with van der Waals surface area (Å²) >= 11 is 6.16. The van der Waals surface area contributed by atoms with Gasteiger partial charge in [0.2, 0.25) is 0 Å². The molecule has 0 saturated heterocycles. The van der Waals surface area contributed by atoms with Crippen LogP contribution in [0.4, 0.5) is 13.2 Å². The number of nitriles is 1. The van der Waals surface area contributed by atoms with Gasteiger partial charge in [-0.25, -0.2) is 4.98 Å². The molecule has 7 nitrogen and oxygen atoms in total. The smallest absolute Gasteiger partial charge is 0.417 e. The van der Waals surface area contributed by atoms with Crippen LogP contribution in [0.25, 0.3) is 22.8 Å². The van der Waals surface area contributed by atoms with Crippen molar-refractivity contribution in [1.29, 1.82) is 5.26 Å². The highest BCUT2D eigenvalue weighted by Gasteiger charge is 2.36. The molecule has 0 aliphatic rings. The molecule has 2 heterocycles. The summed E-state index contributed by atoms with van der Waals surface area (Å²) in [4.78, 5) is 7.08. The van der Waals surface area contributed by atoms with E-state index >= 15 is 0 Å². The van der Waals surface area contributed by atoms with Gasteiger partial charge in [-0.15, -0.1) is 10.2 Å². The van der Waals surface area contributed by atoms with Crippen molar-refractivity contribution in [2.45, 2.75) is 25.6 Å². The number of imidazole rings is 1. The van der Waals surface area contributed by atoms with Crippen molar-refractivity contribution in [1.82, 2.24) is 24.7 Å². The minimum absolute atomic E-state index is 0.0561. The van der Waals surface area contributed by atoms with Gasteiger partial charge in [0, 0.05) is 17.6 Å². The van der Waals surface area contributed by atoms with Crippen molar-refractivity contribution < 1.29 is 17.9 Å². The first-order valence-corrected chi connectivity index (χ1v) is 10.4. The predicted octanol–water partition coefficient (Wildman–Crippen LogP) is 5.73. The molecule has 0 saturated carbocycles. The molecular formula is C23H18ClF3N6O. The Morgan fingerprint density at radius 2 is 1.82 bits per heavy atom. The molecule has 0 amide bonds. The van der Waals surface area contributed by atoms with Crippen LogP contribution in [0.2, 0.25) is 5.02 Å². The summed E-state index contributed by atoms with van der Waals surface area (Å²) in [5, 5.41) is 17.7. The second-order valence-corrected chi connectivity index (χ2v) is 8.40. The lowest BCUT2D eigenvalue weighted by molar-refractivity contribution is -0.137. The summed E-state index contributed by atoms with van der Waals surface area (Å²) in [5.74, 6) is 1.12. The third-order valence-corrected chi connectivity index (χ3v) is 5.38. The second-order valence-electron chi connectivity index (χ2n) is 7.96. The average Bonchev–Trinajstić information content (AvgIpc) is 3.41. The number of nitrogens with zero attached hydrogens (tertiary/aromatic N) is 5. The fourth-order valence-corrected chi connectivity index (χ4v) is 3.80. The van der Waals surface area contributed by atoms with E-state index in [-0.39, 0.29) is 17.1 Å². The largest absolute Gasteiger partial charge is 0.479 e. The Hall–Kier alpha value is -3.84. The van der Waals surface area contributed by atoms with Crippen LogP contribution in [0.15, 0.2) is 48.7 Å². The molecule has 11 heteroatoms. The summed E-state index contributed by atoms with van der Waals surface area (Å²) < 4.78 is 48.3. The lowest BCUT2D eigenvalue weighted by atomic mass is 10.1. The Balaban J connectivity index is 1.74. The van der Waals surface area contributed by atoms with E-state index in [2.05, 4.69) is 20.2 Å². The van der Waals surface area contributed by atoms with Gasteiger partial charge in [-0.1, -0.05) is 29.8 Å². The molecule has 2 aromatic heterocycles. The Labute approximate surface area is 197 Å². The molecule has 34 heavy (non-hydrogen) atoms.